The number of methoxy groups -OCH3 is 1. The lowest BCUT2D eigenvalue weighted by molar-refractivity contribution is 0.413. The lowest BCUT2D eigenvalue weighted by atomic mass is 10.2. The first-order valence-electron chi connectivity index (χ1n) is 6.07. The Kier molecular flexibility index (Phi) is 3.45. The molecule has 1 aromatic carbocycles. The molecule has 0 aliphatic rings. The van der Waals surface area contributed by atoms with Crippen LogP contribution < -0.4 is 10.5 Å². The SMILES string of the molecule is COc1cc(Cl)ccc1-c1noc(-c2ccc(N)cn2)n1. The van der Waals surface area contributed by atoms with E-state index < -0.39 is 0 Å². The van der Waals surface area contributed by atoms with Crippen molar-refractivity contribution in [2.45, 2.75) is 0 Å². The van der Waals surface area contributed by atoms with Crippen molar-refractivity contribution in [3.05, 3.63) is 41.6 Å². The predicted molar refractivity (Wildman–Crippen MR) is 78.9 cm³/mol. The van der Waals surface area contributed by atoms with Crippen molar-refractivity contribution >= 4 is 17.3 Å². The van der Waals surface area contributed by atoms with Gasteiger partial charge in [-0.1, -0.05) is 16.8 Å². The van der Waals surface area contributed by atoms with Crippen LogP contribution in [0.1, 0.15) is 0 Å². The number of hydrogen-bond donors (Lipinski definition) is 1. The van der Waals surface area contributed by atoms with Gasteiger partial charge in [0.1, 0.15) is 11.4 Å². The Morgan fingerprint density at radius 3 is 2.81 bits per heavy atom. The number of nitrogens with zero attached hydrogens (tertiary/aromatic N) is 3. The fraction of sp³-hybridized carbons (Fsp3) is 0.0714. The van der Waals surface area contributed by atoms with E-state index in [2.05, 4.69) is 15.1 Å². The number of ether oxygens (including phenoxy) is 1. The minimum atomic E-state index is 0.307. The Hall–Kier alpha value is -2.60. The molecule has 0 aliphatic carbocycles. The summed E-state index contributed by atoms with van der Waals surface area (Å²) < 4.78 is 10.5. The average Bonchev–Trinajstić information content (AvgIpc) is 2.97. The number of hydrogen-bond acceptors (Lipinski definition) is 6. The molecule has 3 rings (SSSR count). The van der Waals surface area contributed by atoms with E-state index >= 15 is 0 Å². The summed E-state index contributed by atoms with van der Waals surface area (Å²) in [6.45, 7) is 0. The number of aromatic nitrogens is 3. The molecule has 6 nitrogen and oxygen atoms in total. The van der Waals surface area contributed by atoms with E-state index in [0.29, 0.717) is 39.4 Å². The van der Waals surface area contributed by atoms with Crippen LogP contribution in [0.2, 0.25) is 5.02 Å². The van der Waals surface area contributed by atoms with Gasteiger partial charge in [0.25, 0.3) is 5.89 Å². The highest BCUT2D eigenvalue weighted by Crippen LogP contribution is 2.31. The van der Waals surface area contributed by atoms with Crippen molar-refractivity contribution in [2.75, 3.05) is 12.8 Å². The number of rotatable bonds is 3. The van der Waals surface area contributed by atoms with Crippen LogP contribution in [0.3, 0.4) is 0 Å². The molecule has 0 saturated carbocycles. The van der Waals surface area contributed by atoms with E-state index in [4.69, 9.17) is 26.6 Å². The summed E-state index contributed by atoms with van der Waals surface area (Å²) in [6.07, 6.45) is 1.53. The van der Waals surface area contributed by atoms with E-state index in [1.807, 2.05) is 0 Å². The van der Waals surface area contributed by atoms with Crippen LogP contribution in [0.15, 0.2) is 41.1 Å². The first-order chi connectivity index (χ1) is 10.2. The molecule has 0 radical (unpaired) electrons. The number of benzene rings is 1. The normalized spacial score (nSPS) is 10.6. The highest BCUT2D eigenvalue weighted by molar-refractivity contribution is 6.30. The van der Waals surface area contributed by atoms with Gasteiger partial charge in [-0.2, -0.15) is 4.98 Å². The van der Waals surface area contributed by atoms with Crippen molar-refractivity contribution in [1.29, 1.82) is 0 Å². The molecule has 106 valence electrons. The van der Waals surface area contributed by atoms with Crippen LogP contribution >= 0.6 is 11.6 Å². The summed E-state index contributed by atoms with van der Waals surface area (Å²) in [6, 6.07) is 8.62. The third kappa shape index (κ3) is 2.66. The van der Waals surface area contributed by atoms with E-state index in [0.717, 1.165) is 0 Å². The molecular weight excluding hydrogens is 292 g/mol. The lowest BCUT2D eigenvalue weighted by Gasteiger charge is -2.04. The van der Waals surface area contributed by atoms with Crippen LogP contribution in [-0.2, 0) is 0 Å². The predicted octanol–water partition coefficient (Wildman–Crippen LogP) is 3.04. The van der Waals surface area contributed by atoms with Gasteiger partial charge in [-0.25, -0.2) is 4.98 Å². The largest absolute Gasteiger partial charge is 0.496 e. The zero-order chi connectivity index (χ0) is 14.8. The Morgan fingerprint density at radius 1 is 1.24 bits per heavy atom. The molecule has 2 heterocycles. The molecule has 2 N–H and O–H groups in total. The molecular formula is C14H11ClN4O2. The van der Waals surface area contributed by atoms with Crippen molar-refractivity contribution in [3.63, 3.8) is 0 Å². The van der Waals surface area contributed by atoms with Gasteiger partial charge in [0.2, 0.25) is 5.82 Å². The van der Waals surface area contributed by atoms with Crippen LogP contribution in [0.4, 0.5) is 5.69 Å². The molecule has 21 heavy (non-hydrogen) atoms. The molecule has 0 atom stereocenters. The molecule has 0 unspecified atom stereocenters. The Labute approximate surface area is 125 Å². The zero-order valence-electron chi connectivity index (χ0n) is 11.1. The summed E-state index contributed by atoms with van der Waals surface area (Å²) in [7, 11) is 1.55. The molecule has 3 aromatic rings. The fourth-order valence-corrected chi connectivity index (χ4v) is 1.98. The van der Waals surface area contributed by atoms with Crippen LogP contribution in [-0.4, -0.2) is 22.2 Å². The van der Waals surface area contributed by atoms with Crippen molar-refractivity contribution in [2.24, 2.45) is 0 Å². The standard InChI is InChI=1S/C14H11ClN4O2/c1-20-12-6-8(15)2-4-10(12)13-18-14(21-19-13)11-5-3-9(16)7-17-11/h2-7H,16H2,1H3. The first kappa shape index (κ1) is 13.4. The summed E-state index contributed by atoms with van der Waals surface area (Å²) in [5.74, 6) is 1.28. The first-order valence-corrected chi connectivity index (χ1v) is 6.44. The van der Waals surface area contributed by atoms with Crippen LogP contribution in [0.5, 0.6) is 5.75 Å². The number of halogens is 1. The maximum absolute atomic E-state index is 5.93. The molecule has 0 spiro atoms. The Morgan fingerprint density at radius 2 is 2.10 bits per heavy atom. The van der Waals surface area contributed by atoms with Crippen LogP contribution in [0, 0.1) is 0 Å². The number of anilines is 1. The summed E-state index contributed by atoms with van der Waals surface area (Å²) >= 11 is 5.93. The van der Waals surface area contributed by atoms with E-state index in [-0.39, 0.29) is 0 Å². The van der Waals surface area contributed by atoms with Gasteiger partial charge in [-0.3, -0.25) is 0 Å². The number of nitrogen functional groups attached to an aromatic ring is 1. The number of pyridine rings is 1. The molecule has 0 bridgehead atoms. The topological polar surface area (TPSA) is 87.1 Å². The molecule has 7 heteroatoms. The minimum Gasteiger partial charge on any atom is -0.496 e. The smallest absolute Gasteiger partial charge is 0.276 e. The zero-order valence-corrected chi connectivity index (χ0v) is 11.8. The van der Waals surface area contributed by atoms with Gasteiger partial charge in [-0.05, 0) is 30.3 Å². The third-order valence-corrected chi connectivity index (χ3v) is 3.07. The van der Waals surface area contributed by atoms with Gasteiger partial charge >= 0.3 is 0 Å². The average molecular weight is 303 g/mol. The highest BCUT2D eigenvalue weighted by atomic mass is 35.5. The molecule has 0 amide bonds. The summed E-state index contributed by atoms with van der Waals surface area (Å²) in [4.78, 5) is 8.45. The lowest BCUT2D eigenvalue weighted by Crippen LogP contribution is -1.90. The highest BCUT2D eigenvalue weighted by Gasteiger charge is 2.15. The Balaban J connectivity index is 2.00. The summed E-state index contributed by atoms with van der Waals surface area (Å²) in [5.41, 5.74) is 7.40. The third-order valence-electron chi connectivity index (χ3n) is 2.84. The van der Waals surface area contributed by atoms with Crippen molar-refractivity contribution < 1.29 is 9.26 Å². The second-order valence-electron chi connectivity index (χ2n) is 4.24. The van der Waals surface area contributed by atoms with Crippen molar-refractivity contribution in [3.8, 4) is 28.7 Å². The van der Waals surface area contributed by atoms with Crippen LogP contribution in [0.25, 0.3) is 23.0 Å². The monoisotopic (exact) mass is 302 g/mol. The van der Waals surface area contributed by atoms with Crippen molar-refractivity contribution in [1.82, 2.24) is 15.1 Å². The van der Waals surface area contributed by atoms with E-state index in [9.17, 15) is 0 Å². The van der Waals surface area contributed by atoms with E-state index in [1.54, 1.807) is 37.4 Å². The molecule has 2 aromatic heterocycles. The Bertz CT molecular complexity index is 771. The van der Waals surface area contributed by atoms with Gasteiger partial charge in [-0.15, -0.1) is 0 Å². The second kappa shape index (κ2) is 5.41. The van der Waals surface area contributed by atoms with E-state index in [1.165, 1.54) is 6.20 Å². The van der Waals surface area contributed by atoms with Gasteiger partial charge in [0.15, 0.2) is 0 Å². The summed E-state index contributed by atoms with van der Waals surface area (Å²) in [5, 5.41) is 4.51. The van der Waals surface area contributed by atoms with Gasteiger partial charge in [0.05, 0.1) is 24.6 Å². The van der Waals surface area contributed by atoms with Gasteiger partial charge < -0.3 is 15.0 Å². The molecule has 0 saturated heterocycles. The molecule has 0 aliphatic heterocycles. The quantitative estimate of drug-likeness (QED) is 0.800. The maximum Gasteiger partial charge on any atom is 0.276 e. The van der Waals surface area contributed by atoms with Gasteiger partial charge in [0, 0.05) is 5.02 Å². The fourth-order valence-electron chi connectivity index (χ4n) is 1.82. The molecule has 0 fully saturated rings. The minimum absolute atomic E-state index is 0.307. The second-order valence-corrected chi connectivity index (χ2v) is 4.68. The number of nitrogens with two attached hydrogens (primary N) is 1. The maximum atomic E-state index is 5.93.